The maximum atomic E-state index is 5.62. The molecule has 0 fully saturated rings. The molecule has 0 atom stereocenters. The van der Waals surface area contributed by atoms with Crippen LogP contribution >= 0.6 is 23.4 Å². The molecule has 0 aromatic heterocycles. The molecule has 0 heterocycles. The van der Waals surface area contributed by atoms with E-state index in [0.717, 1.165) is 22.1 Å². The van der Waals surface area contributed by atoms with Gasteiger partial charge in [0.15, 0.2) is 0 Å². The number of nitrogens with one attached hydrogen (secondary N) is 1. The number of benzene rings is 1. The van der Waals surface area contributed by atoms with Gasteiger partial charge in [-0.25, -0.2) is 0 Å². The number of thioether (sulfide) groups is 1. The molecule has 1 rings (SSSR count). The van der Waals surface area contributed by atoms with E-state index in [1.54, 1.807) is 26.0 Å². The van der Waals surface area contributed by atoms with Gasteiger partial charge >= 0.3 is 0 Å². The summed E-state index contributed by atoms with van der Waals surface area (Å²) in [7, 11) is 3.28. The van der Waals surface area contributed by atoms with E-state index in [1.807, 2.05) is 18.4 Å². The molecule has 1 aromatic rings. The monoisotopic (exact) mass is 247 g/mol. The second kappa shape index (κ2) is 5.98. The van der Waals surface area contributed by atoms with Gasteiger partial charge in [-0.15, -0.1) is 23.4 Å². The Morgan fingerprint density at radius 2 is 1.93 bits per heavy atom. The molecule has 1 N–H and O–H groups in total. The molecule has 0 aliphatic heterocycles. The molecule has 0 amide bonds. The Labute approximate surface area is 99.1 Å². The van der Waals surface area contributed by atoms with E-state index in [1.165, 1.54) is 0 Å². The predicted octanol–water partition coefficient (Wildman–Crippen LogP) is 3.03. The second-order valence-electron chi connectivity index (χ2n) is 2.72. The van der Waals surface area contributed by atoms with Gasteiger partial charge in [0.2, 0.25) is 0 Å². The minimum atomic E-state index is 0.331. The lowest BCUT2D eigenvalue weighted by Gasteiger charge is -2.13. The number of ether oxygens (including phenoxy) is 2. The molecule has 0 bridgehead atoms. The lowest BCUT2D eigenvalue weighted by Crippen LogP contribution is -1.99. The first-order valence-corrected chi connectivity index (χ1v) is 6.12. The zero-order valence-corrected chi connectivity index (χ0v) is 10.5. The van der Waals surface area contributed by atoms with Crippen molar-refractivity contribution in [3.63, 3.8) is 0 Å². The van der Waals surface area contributed by atoms with Gasteiger partial charge < -0.3 is 14.8 Å². The first-order chi connectivity index (χ1) is 7.26. The Hall–Kier alpha value is -0.740. The molecule has 0 spiro atoms. The summed E-state index contributed by atoms with van der Waals surface area (Å²) in [5.41, 5.74) is 0.835. The standard InChI is InChI=1S/C10H14ClNO2S/c1-13-8-5-10(15-3)9(14-2)4-7(8)12-6-11/h4-5,12H,6H2,1-3H3. The van der Waals surface area contributed by atoms with E-state index in [-0.39, 0.29) is 0 Å². The van der Waals surface area contributed by atoms with Crippen molar-refractivity contribution >= 4 is 29.1 Å². The number of anilines is 1. The highest BCUT2D eigenvalue weighted by molar-refractivity contribution is 7.98. The van der Waals surface area contributed by atoms with Crippen LogP contribution < -0.4 is 14.8 Å². The van der Waals surface area contributed by atoms with Gasteiger partial charge in [-0.2, -0.15) is 0 Å². The van der Waals surface area contributed by atoms with E-state index >= 15 is 0 Å². The zero-order valence-electron chi connectivity index (χ0n) is 8.96. The van der Waals surface area contributed by atoms with Crippen molar-refractivity contribution in [2.24, 2.45) is 0 Å². The van der Waals surface area contributed by atoms with Crippen molar-refractivity contribution in [1.82, 2.24) is 0 Å². The largest absolute Gasteiger partial charge is 0.496 e. The summed E-state index contributed by atoms with van der Waals surface area (Å²) in [5, 5.41) is 3.00. The molecule has 15 heavy (non-hydrogen) atoms. The van der Waals surface area contributed by atoms with Gasteiger partial charge in [0, 0.05) is 6.07 Å². The normalized spacial score (nSPS) is 9.87. The Bertz CT molecular complexity index is 333. The SMILES string of the molecule is COc1cc(SC)c(OC)cc1NCCl. The molecular formula is C10H14ClNO2S. The third-order valence-corrected chi connectivity index (χ3v) is 2.86. The Balaban J connectivity index is 3.15. The minimum absolute atomic E-state index is 0.331. The van der Waals surface area contributed by atoms with Crippen LogP contribution in [0.5, 0.6) is 11.5 Å². The van der Waals surface area contributed by atoms with Crippen LogP contribution in [0, 0.1) is 0 Å². The van der Waals surface area contributed by atoms with Crippen molar-refractivity contribution in [2.45, 2.75) is 4.90 Å². The van der Waals surface area contributed by atoms with Crippen LogP contribution in [0.4, 0.5) is 5.69 Å². The molecule has 3 nitrogen and oxygen atoms in total. The van der Waals surface area contributed by atoms with Crippen LogP contribution in [0.1, 0.15) is 0 Å². The van der Waals surface area contributed by atoms with Crippen LogP contribution in [-0.4, -0.2) is 26.5 Å². The van der Waals surface area contributed by atoms with Gasteiger partial charge in [-0.1, -0.05) is 0 Å². The van der Waals surface area contributed by atoms with Crippen molar-refractivity contribution in [3.8, 4) is 11.5 Å². The van der Waals surface area contributed by atoms with Crippen molar-refractivity contribution < 1.29 is 9.47 Å². The third-order valence-electron chi connectivity index (χ3n) is 1.96. The van der Waals surface area contributed by atoms with Crippen molar-refractivity contribution in [3.05, 3.63) is 12.1 Å². The van der Waals surface area contributed by atoms with Gasteiger partial charge in [0.25, 0.3) is 0 Å². The zero-order chi connectivity index (χ0) is 11.3. The van der Waals surface area contributed by atoms with E-state index in [9.17, 15) is 0 Å². The lowest BCUT2D eigenvalue weighted by molar-refractivity contribution is 0.395. The molecule has 0 saturated heterocycles. The van der Waals surface area contributed by atoms with Crippen LogP contribution in [-0.2, 0) is 0 Å². The van der Waals surface area contributed by atoms with Crippen LogP contribution in [0.3, 0.4) is 0 Å². The average Bonchev–Trinajstić information content (AvgIpc) is 2.28. The molecule has 5 heteroatoms. The maximum absolute atomic E-state index is 5.62. The number of alkyl halides is 1. The summed E-state index contributed by atoms with van der Waals surface area (Å²) < 4.78 is 10.5. The third kappa shape index (κ3) is 2.86. The number of methoxy groups -OCH3 is 2. The molecular weight excluding hydrogens is 234 g/mol. The van der Waals surface area contributed by atoms with E-state index in [2.05, 4.69) is 5.32 Å². The number of hydrogen-bond donors (Lipinski definition) is 1. The summed E-state index contributed by atoms with van der Waals surface area (Å²) in [5.74, 6) is 1.58. The Kier molecular flexibility index (Phi) is 4.91. The summed E-state index contributed by atoms with van der Waals surface area (Å²) in [4.78, 5) is 1.04. The summed E-state index contributed by atoms with van der Waals surface area (Å²) >= 11 is 7.23. The van der Waals surface area contributed by atoms with Crippen molar-refractivity contribution in [1.29, 1.82) is 0 Å². The van der Waals surface area contributed by atoms with Gasteiger partial charge in [0.05, 0.1) is 30.8 Å². The summed E-state index contributed by atoms with van der Waals surface area (Å²) in [6.45, 7) is 0. The highest BCUT2D eigenvalue weighted by atomic mass is 35.5. The fraction of sp³-hybridized carbons (Fsp3) is 0.400. The fourth-order valence-electron chi connectivity index (χ4n) is 1.24. The molecule has 0 radical (unpaired) electrons. The molecule has 0 aliphatic carbocycles. The minimum Gasteiger partial charge on any atom is -0.496 e. The number of halogens is 1. The first kappa shape index (κ1) is 12.3. The topological polar surface area (TPSA) is 30.5 Å². The Morgan fingerprint density at radius 3 is 2.40 bits per heavy atom. The summed E-state index contributed by atoms with van der Waals surface area (Å²) in [6.07, 6.45) is 1.99. The van der Waals surface area contributed by atoms with E-state index in [4.69, 9.17) is 21.1 Å². The van der Waals surface area contributed by atoms with E-state index in [0.29, 0.717) is 6.00 Å². The van der Waals surface area contributed by atoms with Crippen molar-refractivity contribution in [2.75, 3.05) is 31.8 Å². The van der Waals surface area contributed by atoms with Gasteiger partial charge in [-0.05, 0) is 12.3 Å². The molecule has 0 saturated carbocycles. The first-order valence-electron chi connectivity index (χ1n) is 4.36. The van der Waals surface area contributed by atoms with Crippen LogP contribution in [0.15, 0.2) is 17.0 Å². The summed E-state index contributed by atoms with van der Waals surface area (Å²) in [6, 6.07) is 4.14. The molecule has 84 valence electrons. The Morgan fingerprint density at radius 1 is 1.27 bits per heavy atom. The van der Waals surface area contributed by atoms with E-state index < -0.39 is 0 Å². The highest BCUT2D eigenvalue weighted by Crippen LogP contribution is 2.37. The quantitative estimate of drug-likeness (QED) is 0.492. The second-order valence-corrected chi connectivity index (χ2v) is 3.83. The van der Waals surface area contributed by atoms with Crippen LogP contribution in [0.25, 0.3) is 0 Å². The van der Waals surface area contributed by atoms with Gasteiger partial charge in [0.1, 0.15) is 11.5 Å². The molecule has 0 aliphatic rings. The molecule has 1 aromatic carbocycles. The van der Waals surface area contributed by atoms with Crippen LogP contribution in [0.2, 0.25) is 0 Å². The lowest BCUT2D eigenvalue weighted by atomic mass is 10.2. The maximum Gasteiger partial charge on any atom is 0.143 e. The smallest absolute Gasteiger partial charge is 0.143 e. The number of rotatable bonds is 5. The van der Waals surface area contributed by atoms with Gasteiger partial charge in [-0.3, -0.25) is 0 Å². The molecule has 0 unspecified atom stereocenters. The predicted molar refractivity (Wildman–Crippen MR) is 65.7 cm³/mol. The number of hydrogen-bond acceptors (Lipinski definition) is 4. The average molecular weight is 248 g/mol. The fourth-order valence-corrected chi connectivity index (χ4v) is 1.95. The highest BCUT2D eigenvalue weighted by Gasteiger charge is 2.09.